The van der Waals surface area contributed by atoms with Crippen molar-refractivity contribution in [3.63, 3.8) is 0 Å². The van der Waals surface area contributed by atoms with Gasteiger partial charge < -0.3 is 24.2 Å². The number of methoxy groups -OCH3 is 3. The molecule has 1 aromatic heterocycles. The number of carbonyl (C=O) groups excluding carboxylic acids is 2. The molecule has 8 nitrogen and oxygen atoms in total. The highest BCUT2D eigenvalue weighted by Gasteiger charge is 2.33. The lowest BCUT2D eigenvalue weighted by molar-refractivity contribution is -0.139. The van der Waals surface area contributed by atoms with Gasteiger partial charge in [-0.05, 0) is 72.5 Å². The standard InChI is InChI=1S/C36H35ClN2O6S/c1-43-30-18-26-24(17-29(30)40)16-27(35(41)44-2)28(36(42)45-3)20-39(21-32-33(37)25-8-4-5-9-31(25)46-32)34(26)23-12-10-22(11-13-23)19-38-14-6-7-15-38/h4-5,8-13,16-18,20,34,40H,6-7,14-15,19,21H2,1-3H3. The maximum atomic E-state index is 13.3. The van der Waals surface area contributed by atoms with Gasteiger partial charge in [-0.15, -0.1) is 11.3 Å². The second kappa shape index (κ2) is 13.6. The van der Waals surface area contributed by atoms with E-state index in [0.29, 0.717) is 17.1 Å². The van der Waals surface area contributed by atoms with E-state index in [1.165, 1.54) is 45.8 Å². The van der Waals surface area contributed by atoms with Gasteiger partial charge in [-0.3, -0.25) is 4.90 Å². The van der Waals surface area contributed by atoms with E-state index >= 15 is 0 Å². The summed E-state index contributed by atoms with van der Waals surface area (Å²) in [5, 5.41) is 12.4. The summed E-state index contributed by atoms with van der Waals surface area (Å²) in [6, 6.07) is 19.2. The number of fused-ring (bicyclic) bond motifs is 2. The molecule has 1 unspecified atom stereocenters. The molecule has 0 bridgehead atoms. The summed E-state index contributed by atoms with van der Waals surface area (Å²) < 4.78 is 16.9. The number of thiophene rings is 1. The van der Waals surface area contributed by atoms with Gasteiger partial charge in [-0.1, -0.05) is 54.1 Å². The summed E-state index contributed by atoms with van der Waals surface area (Å²) in [6.07, 6.45) is 5.65. The average Bonchev–Trinajstić information content (AvgIpc) is 3.70. The Morgan fingerprint density at radius 1 is 0.935 bits per heavy atom. The number of phenolic OH excluding ortho intramolecular Hbond substituents is 1. The molecule has 1 atom stereocenters. The predicted molar refractivity (Wildman–Crippen MR) is 180 cm³/mol. The number of esters is 2. The van der Waals surface area contributed by atoms with Gasteiger partial charge in [0.1, 0.15) is 0 Å². The monoisotopic (exact) mass is 658 g/mol. The summed E-state index contributed by atoms with van der Waals surface area (Å²) in [5.74, 6) is -1.25. The smallest absolute Gasteiger partial charge is 0.340 e. The number of ether oxygens (including phenoxy) is 3. The molecule has 2 aliphatic rings. The van der Waals surface area contributed by atoms with Crippen molar-refractivity contribution in [3.05, 3.63) is 110 Å². The number of phenols is 1. The van der Waals surface area contributed by atoms with E-state index in [1.807, 2.05) is 29.2 Å². The van der Waals surface area contributed by atoms with Crippen molar-refractivity contribution in [1.29, 1.82) is 0 Å². The van der Waals surface area contributed by atoms with E-state index in [4.69, 9.17) is 25.8 Å². The minimum atomic E-state index is -0.720. The highest BCUT2D eigenvalue weighted by molar-refractivity contribution is 7.19. The van der Waals surface area contributed by atoms with E-state index in [2.05, 4.69) is 29.2 Å². The minimum Gasteiger partial charge on any atom is -0.504 e. The van der Waals surface area contributed by atoms with Crippen LogP contribution in [-0.2, 0) is 32.2 Å². The topological polar surface area (TPSA) is 88.5 Å². The fourth-order valence-electron chi connectivity index (χ4n) is 6.24. The van der Waals surface area contributed by atoms with Crippen LogP contribution in [0.2, 0.25) is 5.02 Å². The van der Waals surface area contributed by atoms with Crippen LogP contribution in [0.1, 0.15) is 46.0 Å². The molecule has 1 saturated heterocycles. The molecule has 1 fully saturated rings. The lowest BCUT2D eigenvalue weighted by atomic mass is 9.88. The van der Waals surface area contributed by atoms with Gasteiger partial charge >= 0.3 is 11.9 Å². The summed E-state index contributed by atoms with van der Waals surface area (Å²) in [4.78, 5) is 31.8. The number of likely N-dealkylation sites (tertiary alicyclic amines) is 1. The van der Waals surface area contributed by atoms with E-state index < -0.39 is 18.0 Å². The summed E-state index contributed by atoms with van der Waals surface area (Å²) in [7, 11) is 4.02. The zero-order chi connectivity index (χ0) is 32.4. The Morgan fingerprint density at radius 3 is 2.30 bits per heavy atom. The number of hydrogen-bond acceptors (Lipinski definition) is 9. The quantitative estimate of drug-likeness (QED) is 0.201. The van der Waals surface area contributed by atoms with Gasteiger partial charge in [0.25, 0.3) is 0 Å². The second-order valence-electron chi connectivity index (χ2n) is 11.4. The molecular weight excluding hydrogens is 624 g/mol. The molecule has 4 aromatic rings. The molecule has 10 heteroatoms. The molecule has 0 amide bonds. The summed E-state index contributed by atoms with van der Waals surface area (Å²) in [5.41, 5.74) is 3.42. The van der Waals surface area contributed by atoms with Crippen LogP contribution in [0.3, 0.4) is 0 Å². The van der Waals surface area contributed by atoms with Crippen LogP contribution >= 0.6 is 22.9 Å². The van der Waals surface area contributed by atoms with Crippen molar-refractivity contribution < 1.29 is 28.9 Å². The van der Waals surface area contributed by atoms with E-state index in [-0.39, 0.29) is 22.6 Å². The highest BCUT2D eigenvalue weighted by atomic mass is 35.5. The predicted octanol–water partition coefficient (Wildman–Crippen LogP) is 7.08. The molecular formula is C36H35ClN2O6S. The molecule has 3 aromatic carbocycles. The van der Waals surface area contributed by atoms with Gasteiger partial charge in [0, 0.05) is 27.7 Å². The number of halogens is 1. The molecule has 6 rings (SSSR count). The maximum Gasteiger partial charge on any atom is 0.340 e. The summed E-state index contributed by atoms with van der Waals surface area (Å²) >= 11 is 8.54. The minimum absolute atomic E-state index is 0.00739. The van der Waals surface area contributed by atoms with Gasteiger partial charge in [0.2, 0.25) is 0 Å². The zero-order valence-electron chi connectivity index (χ0n) is 25.9. The van der Waals surface area contributed by atoms with Crippen LogP contribution in [0.4, 0.5) is 0 Å². The van der Waals surface area contributed by atoms with Crippen LogP contribution in [0.5, 0.6) is 11.5 Å². The van der Waals surface area contributed by atoms with Gasteiger partial charge in [0.05, 0.1) is 50.1 Å². The molecule has 2 aliphatic heterocycles. The Kier molecular flexibility index (Phi) is 9.35. The van der Waals surface area contributed by atoms with Crippen LogP contribution in [-0.4, -0.2) is 61.3 Å². The molecule has 238 valence electrons. The first-order valence-electron chi connectivity index (χ1n) is 15.1. The normalized spacial score (nSPS) is 16.7. The first kappa shape index (κ1) is 31.7. The molecule has 0 radical (unpaired) electrons. The zero-order valence-corrected chi connectivity index (χ0v) is 27.5. The lowest BCUT2D eigenvalue weighted by Crippen LogP contribution is -2.29. The van der Waals surface area contributed by atoms with Gasteiger partial charge in [0.15, 0.2) is 11.5 Å². The average molecular weight is 659 g/mol. The largest absolute Gasteiger partial charge is 0.504 e. The Bertz CT molecular complexity index is 1840. The SMILES string of the molecule is COC(=O)C1=Cc2cc(O)c(OC)cc2C(c2ccc(CN3CCCC3)cc2)N(Cc2sc3ccccc3c2Cl)C=C1C(=O)OC. The Morgan fingerprint density at radius 2 is 1.63 bits per heavy atom. The molecule has 3 heterocycles. The molecule has 0 aliphatic carbocycles. The van der Waals surface area contributed by atoms with Crippen molar-refractivity contribution in [2.75, 3.05) is 34.4 Å². The fourth-order valence-corrected chi connectivity index (χ4v) is 7.74. The van der Waals surface area contributed by atoms with Crippen LogP contribution in [0.15, 0.2) is 78.0 Å². The van der Waals surface area contributed by atoms with Crippen molar-refractivity contribution in [3.8, 4) is 11.5 Å². The van der Waals surface area contributed by atoms with Crippen molar-refractivity contribution in [1.82, 2.24) is 9.80 Å². The Hall–Kier alpha value is -4.31. The van der Waals surface area contributed by atoms with Crippen LogP contribution in [0, 0.1) is 0 Å². The number of aromatic hydroxyl groups is 1. The van der Waals surface area contributed by atoms with Crippen molar-refractivity contribution in [2.45, 2.75) is 32.0 Å². The number of hydrogen-bond donors (Lipinski definition) is 1. The maximum absolute atomic E-state index is 13.3. The molecule has 1 N–H and O–H groups in total. The Balaban J connectivity index is 1.57. The number of nitrogens with zero attached hydrogens (tertiary/aromatic N) is 2. The number of rotatable bonds is 8. The third-order valence-electron chi connectivity index (χ3n) is 8.53. The molecule has 46 heavy (non-hydrogen) atoms. The van der Waals surface area contributed by atoms with Crippen molar-refractivity contribution >= 4 is 51.0 Å². The number of carbonyl (C=O) groups is 2. The highest BCUT2D eigenvalue weighted by Crippen LogP contribution is 2.44. The lowest BCUT2D eigenvalue weighted by Gasteiger charge is -2.35. The van der Waals surface area contributed by atoms with Gasteiger partial charge in [-0.25, -0.2) is 9.59 Å². The fraction of sp³-hybridized carbons (Fsp3) is 0.278. The van der Waals surface area contributed by atoms with E-state index in [0.717, 1.165) is 45.7 Å². The van der Waals surface area contributed by atoms with E-state index in [9.17, 15) is 14.7 Å². The van der Waals surface area contributed by atoms with Gasteiger partial charge in [-0.2, -0.15) is 0 Å². The molecule has 0 saturated carbocycles. The van der Waals surface area contributed by atoms with Crippen LogP contribution in [0.25, 0.3) is 16.2 Å². The summed E-state index contributed by atoms with van der Waals surface area (Å²) in [6.45, 7) is 3.37. The van der Waals surface area contributed by atoms with Crippen molar-refractivity contribution in [2.24, 2.45) is 0 Å². The first-order chi connectivity index (χ1) is 22.3. The third-order valence-corrected chi connectivity index (χ3v) is 10.2. The Labute approximate surface area is 277 Å². The second-order valence-corrected chi connectivity index (χ2v) is 12.9. The van der Waals surface area contributed by atoms with Crippen LogP contribution < -0.4 is 4.74 Å². The molecule has 0 spiro atoms. The third kappa shape index (κ3) is 6.23. The van der Waals surface area contributed by atoms with E-state index in [1.54, 1.807) is 29.7 Å². The number of benzene rings is 3. The first-order valence-corrected chi connectivity index (χ1v) is 16.2.